The quantitative estimate of drug-likeness (QED) is 0.632. The highest BCUT2D eigenvalue weighted by molar-refractivity contribution is 5.96. The second-order valence-corrected chi connectivity index (χ2v) is 4.43. The lowest BCUT2D eigenvalue weighted by Gasteiger charge is -2.41. The fourth-order valence-corrected chi connectivity index (χ4v) is 2.28. The molecule has 1 unspecified atom stereocenters. The number of amides is 1. The molecule has 1 atom stereocenters. The first kappa shape index (κ1) is 11.1. The van der Waals surface area contributed by atoms with Crippen LogP contribution in [0.4, 0.5) is 0 Å². The Morgan fingerprint density at radius 3 is 3.06 bits per heavy atom. The maximum atomic E-state index is 12.2. The molecule has 2 aliphatic heterocycles. The summed E-state index contributed by atoms with van der Waals surface area (Å²) in [4.78, 5) is 25.5. The molecule has 0 aliphatic carbocycles. The first-order valence-electron chi connectivity index (χ1n) is 5.70. The van der Waals surface area contributed by atoms with Crippen LogP contribution in [0.2, 0.25) is 0 Å². The summed E-state index contributed by atoms with van der Waals surface area (Å²) in [5, 5.41) is 9.83. The Bertz CT molecular complexity index is 580. The summed E-state index contributed by atoms with van der Waals surface area (Å²) in [6.07, 6.45) is 1.25. The molecule has 7 heteroatoms. The van der Waals surface area contributed by atoms with Crippen LogP contribution in [0.5, 0.6) is 5.75 Å². The van der Waals surface area contributed by atoms with Crippen LogP contribution in [0.3, 0.4) is 0 Å². The summed E-state index contributed by atoms with van der Waals surface area (Å²) in [6.45, 7) is 2.88. The highest BCUT2D eigenvalue weighted by Gasteiger charge is 2.36. The van der Waals surface area contributed by atoms with E-state index in [2.05, 4.69) is 5.43 Å². The van der Waals surface area contributed by atoms with E-state index in [4.69, 9.17) is 4.74 Å². The van der Waals surface area contributed by atoms with E-state index in [1.165, 1.54) is 10.9 Å². The number of pyridine rings is 1. The van der Waals surface area contributed by atoms with Gasteiger partial charge in [-0.1, -0.05) is 0 Å². The van der Waals surface area contributed by atoms with E-state index in [1.54, 1.807) is 11.8 Å². The number of carbonyl (C=O) groups excluding carboxylic acids is 1. The molecule has 96 valence electrons. The largest absolute Gasteiger partial charge is 0.502 e. The molecule has 1 aromatic heterocycles. The summed E-state index contributed by atoms with van der Waals surface area (Å²) in [5.41, 5.74) is 2.89. The van der Waals surface area contributed by atoms with Crippen molar-refractivity contribution in [2.45, 2.75) is 13.1 Å². The van der Waals surface area contributed by atoms with E-state index in [-0.39, 0.29) is 17.8 Å². The Balaban J connectivity index is 2.16. The average Bonchev–Trinajstić information content (AvgIpc) is 2.36. The van der Waals surface area contributed by atoms with Crippen LogP contribution >= 0.6 is 0 Å². The average molecular weight is 251 g/mol. The van der Waals surface area contributed by atoms with Crippen molar-refractivity contribution in [3.63, 3.8) is 0 Å². The van der Waals surface area contributed by atoms with Crippen molar-refractivity contribution < 1.29 is 14.6 Å². The van der Waals surface area contributed by atoms with Gasteiger partial charge in [-0.05, 0) is 6.92 Å². The Morgan fingerprint density at radius 1 is 1.50 bits per heavy atom. The van der Waals surface area contributed by atoms with Gasteiger partial charge in [-0.2, -0.15) is 0 Å². The minimum absolute atomic E-state index is 0.0104. The first-order valence-corrected chi connectivity index (χ1v) is 5.70. The molecule has 18 heavy (non-hydrogen) atoms. The van der Waals surface area contributed by atoms with Gasteiger partial charge in [0.05, 0.1) is 13.2 Å². The number of nitrogens with zero attached hydrogens (tertiary/aromatic N) is 2. The van der Waals surface area contributed by atoms with E-state index < -0.39 is 11.2 Å². The molecule has 0 aromatic carbocycles. The number of ether oxygens (including phenoxy) is 1. The number of rotatable bonds is 0. The lowest BCUT2D eigenvalue weighted by molar-refractivity contribution is -0.00316. The summed E-state index contributed by atoms with van der Waals surface area (Å²) in [5.74, 6) is -0.853. The number of aromatic hydroxyl groups is 1. The number of nitrogens with one attached hydrogen (secondary N) is 1. The SMILES string of the molecule is Cc1cn2c(c(O)c1=O)C(=O)N1CCOCC1N2. The molecule has 7 nitrogen and oxygen atoms in total. The Labute approximate surface area is 103 Å². The predicted octanol–water partition coefficient (Wildman–Crippen LogP) is -0.782. The molecule has 3 rings (SSSR count). The molecule has 1 saturated heterocycles. The third-order valence-electron chi connectivity index (χ3n) is 3.24. The summed E-state index contributed by atoms with van der Waals surface area (Å²) in [6, 6.07) is 0. The van der Waals surface area contributed by atoms with E-state index in [0.29, 0.717) is 25.3 Å². The minimum Gasteiger partial charge on any atom is -0.502 e. The Hall–Kier alpha value is -2.02. The van der Waals surface area contributed by atoms with E-state index >= 15 is 0 Å². The number of aryl methyl sites for hydroxylation is 1. The van der Waals surface area contributed by atoms with Crippen LogP contribution < -0.4 is 10.9 Å². The van der Waals surface area contributed by atoms with Gasteiger partial charge in [0.15, 0.2) is 11.4 Å². The van der Waals surface area contributed by atoms with Gasteiger partial charge in [0.1, 0.15) is 6.17 Å². The van der Waals surface area contributed by atoms with Crippen LogP contribution in [0.15, 0.2) is 11.0 Å². The molecule has 3 heterocycles. The molecular formula is C11H13N3O4. The normalized spacial score (nSPS) is 22.2. The third-order valence-corrected chi connectivity index (χ3v) is 3.24. The van der Waals surface area contributed by atoms with Crippen LogP contribution in [0, 0.1) is 6.92 Å². The fourth-order valence-electron chi connectivity index (χ4n) is 2.28. The molecule has 2 N–H and O–H groups in total. The van der Waals surface area contributed by atoms with E-state index in [9.17, 15) is 14.7 Å². The zero-order chi connectivity index (χ0) is 12.9. The molecule has 0 radical (unpaired) electrons. The van der Waals surface area contributed by atoms with E-state index in [0.717, 1.165) is 0 Å². The summed E-state index contributed by atoms with van der Waals surface area (Å²) >= 11 is 0. The van der Waals surface area contributed by atoms with Crippen molar-refractivity contribution in [3.8, 4) is 5.75 Å². The monoisotopic (exact) mass is 251 g/mol. The van der Waals surface area contributed by atoms with Crippen LogP contribution in [0.1, 0.15) is 16.1 Å². The van der Waals surface area contributed by atoms with Gasteiger partial charge in [-0.3, -0.25) is 14.3 Å². The number of morpholine rings is 1. The van der Waals surface area contributed by atoms with Gasteiger partial charge < -0.3 is 20.2 Å². The first-order chi connectivity index (χ1) is 8.59. The molecule has 0 saturated carbocycles. The van der Waals surface area contributed by atoms with Gasteiger partial charge in [-0.25, -0.2) is 0 Å². The number of hydrogen-bond donors (Lipinski definition) is 2. The number of hydrogen-bond acceptors (Lipinski definition) is 5. The molecule has 2 aliphatic rings. The zero-order valence-corrected chi connectivity index (χ0v) is 9.84. The lowest BCUT2D eigenvalue weighted by atomic mass is 10.2. The van der Waals surface area contributed by atoms with Gasteiger partial charge in [0, 0.05) is 18.3 Å². The smallest absolute Gasteiger partial charge is 0.278 e. The van der Waals surface area contributed by atoms with Crippen molar-refractivity contribution in [1.82, 2.24) is 9.58 Å². The minimum atomic E-state index is -0.511. The molecule has 1 amide bonds. The molecule has 1 fully saturated rings. The zero-order valence-electron chi connectivity index (χ0n) is 9.84. The second-order valence-electron chi connectivity index (χ2n) is 4.43. The lowest BCUT2D eigenvalue weighted by Crippen LogP contribution is -2.59. The fraction of sp³-hybridized carbons (Fsp3) is 0.455. The number of aromatic nitrogens is 1. The van der Waals surface area contributed by atoms with Crippen LogP contribution in [-0.4, -0.2) is 46.5 Å². The maximum absolute atomic E-state index is 12.2. The van der Waals surface area contributed by atoms with Gasteiger partial charge in [0.25, 0.3) is 5.91 Å². The molecule has 1 aromatic rings. The van der Waals surface area contributed by atoms with Crippen molar-refractivity contribution >= 4 is 5.91 Å². The maximum Gasteiger partial charge on any atom is 0.278 e. The highest BCUT2D eigenvalue weighted by atomic mass is 16.5. The summed E-state index contributed by atoms with van der Waals surface area (Å²) in [7, 11) is 0. The van der Waals surface area contributed by atoms with Crippen molar-refractivity contribution in [2.75, 3.05) is 25.2 Å². The summed E-state index contributed by atoms with van der Waals surface area (Å²) < 4.78 is 6.70. The number of fused-ring (bicyclic) bond motifs is 2. The Kier molecular flexibility index (Phi) is 2.30. The van der Waals surface area contributed by atoms with Crippen LogP contribution in [-0.2, 0) is 4.74 Å². The van der Waals surface area contributed by atoms with E-state index in [1.807, 2.05) is 0 Å². The van der Waals surface area contributed by atoms with Gasteiger partial charge >= 0.3 is 0 Å². The molecule has 0 bridgehead atoms. The van der Waals surface area contributed by atoms with Gasteiger partial charge in [0.2, 0.25) is 5.43 Å². The van der Waals surface area contributed by atoms with Crippen molar-refractivity contribution in [3.05, 3.63) is 27.7 Å². The topological polar surface area (TPSA) is 83.8 Å². The second kappa shape index (κ2) is 3.74. The third kappa shape index (κ3) is 1.40. The Morgan fingerprint density at radius 2 is 2.28 bits per heavy atom. The highest BCUT2D eigenvalue weighted by Crippen LogP contribution is 2.22. The predicted molar refractivity (Wildman–Crippen MR) is 62.1 cm³/mol. The van der Waals surface area contributed by atoms with Crippen molar-refractivity contribution in [1.29, 1.82) is 0 Å². The van der Waals surface area contributed by atoms with Crippen LogP contribution in [0.25, 0.3) is 0 Å². The number of carbonyl (C=O) groups is 1. The van der Waals surface area contributed by atoms with Gasteiger partial charge in [-0.15, -0.1) is 0 Å². The molecule has 0 spiro atoms. The molecular weight excluding hydrogens is 238 g/mol. The van der Waals surface area contributed by atoms with Crippen molar-refractivity contribution in [2.24, 2.45) is 0 Å². The standard InChI is InChI=1S/C11H13N3O4/c1-6-4-14-8(10(16)9(6)15)11(17)13-2-3-18-5-7(13)12-14/h4,7,12,16H,2-3,5H2,1H3.